The lowest BCUT2D eigenvalue weighted by Crippen LogP contribution is -2.15. The zero-order valence-electron chi connectivity index (χ0n) is 16.5. The number of hydrogen-bond donors (Lipinski definition) is 2. The fourth-order valence-electron chi connectivity index (χ4n) is 3.72. The molecule has 148 valence electrons. The number of halogens is 1. The van der Waals surface area contributed by atoms with Crippen LogP contribution in [0.3, 0.4) is 0 Å². The highest BCUT2D eigenvalue weighted by atomic mass is 127. The monoisotopic (exact) mass is 496 g/mol. The normalized spacial score (nSPS) is 16.1. The van der Waals surface area contributed by atoms with E-state index in [0.29, 0.717) is 0 Å². The fourth-order valence-corrected chi connectivity index (χ4v) is 4.21. The molecule has 0 aliphatic heterocycles. The number of fused-ring (bicyclic) bond motifs is 1. The van der Waals surface area contributed by atoms with Crippen LogP contribution in [0.15, 0.2) is 73.5 Å². The zero-order chi connectivity index (χ0) is 20.2. The van der Waals surface area contributed by atoms with E-state index in [1.54, 1.807) is 7.11 Å². The van der Waals surface area contributed by atoms with Crippen molar-refractivity contribution >= 4 is 44.8 Å². The first-order valence-corrected chi connectivity index (χ1v) is 10.9. The second kappa shape index (κ2) is 9.01. The van der Waals surface area contributed by atoms with Crippen LogP contribution in [-0.2, 0) is 11.2 Å². The van der Waals surface area contributed by atoms with Gasteiger partial charge >= 0.3 is 0 Å². The van der Waals surface area contributed by atoms with Crippen LogP contribution in [0.1, 0.15) is 23.1 Å². The van der Waals surface area contributed by atoms with Gasteiger partial charge in [-0.05, 0) is 69.5 Å². The van der Waals surface area contributed by atoms with Crippen molar-refractivity contribution < 1.29 is 4.74 Å². The predicted octanol–water partition coefficient (Wildman–Crippen LogP) is 5.93. The molecule has 1 heterocycles. The molecule has 0 radical (unpaired) electrons. The molecule has 1 aliphatic rings. The molecule has 0 saturated heterocycles. The topological polar surface area (TPSA) is 37.0 Å². The lowest BCUT2D eigenvalue weighted by molar-refractivity contribution is 0.144. The molecule has 0 saturated carbocycles. The van der Waals surface area contributed by atoms with Crippen LogP contribution < -0.4 is 5.32 Å². The van der Waals surface area contributed by atoms with Crippen LogP contribution >= 0.6 is 22.6 Å². The number of aromatic amines is 1. The summed E-state index contributed by atoms with van der Waals surface area (Å²) in [6.45, 7) is 5.07. The van der Waals surface area contributed by atoms with Crippen LogP contribution in [0, 0.1) is 3.57 Å². The van der Waals surface area contributed by atoms with Gasteiger partial charge in [-0.15, -0.1) is 0 Å². The van der Waals surface area contributed by atoms with E-state index in [2.05, 4.69) is 106 Å². The van der Waals surface area contributed by atoms with Crippen LogP contribution in [-0.4, -0.2) is 24.7 Å². The van der Waals surface area contributed by atoms with Crippen LogP contribution in [0.4, 0.5) is 0 Å². The van der Waals surface area contributed by atoms with E-state index in [1.807, 2.05) is 0 Å². The maximum Gasteiger partial charge on any atom is 0.0795 e. The molecule has 2 aromatic carbocycles. The Hall–Kier alpha value is -2.31. The fraction of sp³-hybridized carbons (Fsp3) is 0.200. The van der Waals surface area contributed by atoms with Gasteiger partial charge in [0.25, 0.3) is 0 Å². The maximum atomic E-state index is 5.46. The average molecular weight is 496 g/mol. The molecule has 29 heavy (non-hydrogen) atoms. The number of hydrogen-bond acceptors (Lipinski definition) is 2. The molecular weight excluding hydrogens is 471 g/mol. The van der Waals surface area contributed by atoms with Crippen molar-refractivity contribution in [3.05, 3.63) is 93.7 Å². The van der Waals surface area contributed by atoms with Crippen molar-refractivity contribution in [3.63, 3.8) is 0 Å². The Morgan fingerprint density at radius 3 is 2.86 bits per heavy atom. The summed E-state index contributed by atoms with van der Waals surface area (Å²) in [5.41, 5.74) is 7.15. The van der Waals surface area contributed by atoms with Crippen LogP contribution in [0.2, 0.25) is 0 Å². The van der Waals surface area contributed by atoms with Gasteiger partial charge in [-0.3, -0.25) is 0 Å². The largest absolute Gasteiger partial charge is 0.385 e. The van der Waals surface area contributed by atoms with E-state index in [4.69, 9.17) is 4.74 Å². The Kier molecular flexibility index (Phi) is 6.21. The maximum absolute atomic E-state index is 5.46. The van der Waals surface area contributed by atoms with Gasteiger partial charge in [-0.2, -0.15) is 0 Å². The van der Waals surface area contributed by atoms with Crippen molar-refractivity contribution in [2.24, 2.45) is 0 Å². The number of benzene rings is 2. The molecule has 1 aliphatic carbocycles. The van der Waals surface area contributed by atoms with E-state index in [0.717, 1.165) is 30.6 Å². The van der Waals surface area contributed by atoms with Crippen LogP contribution in [0.25, 0.3) is 22.2 Å². The first kappa shape index (κ1) is 20.0. The first-order valence-electron chi connectivity index (χ1n) is 9.83. The summed E-state index contributed by atoms with van der Waals surface area (Å²) in [7, 11) is 1.76. The van der Waals surface area contributed by atoms with Gasteiger partial charge in [-0.25, -0.2) is 0 Å². The minimum Gasteiger partial charge on any atom is -0.385 e. The summed E-state index contributed by atoms with van der Waals surface area (Å²) in [5, 5.41) is 4.78. The van der Waals surface area contributed by atoms with Crippen molar-refractivity contribution in [1.29, 1.82) is 0 Å². The summed E-state index contributed by atoms with van der Waals surface area (Å²) >= 11 is 2.36. The smallest absolute Gasteiger partial charge is 0.0795 e. The minimum absolute atomic E-state index is 0.166. The highest BCUT2D eigenvalue weighted by molar-refractivity contribution is 14.1. The van der Waals surface area contributed by atoms with Crippen molar-refractivity contribution in [3.8, 4) is 0 Å². The van der Waals surface area contributed by atoms with E-state index in [9.17, 15) is 0 Å². The molecule has 1 aromatic heterocycles. The SMILES string of the molecule is C=C(NCCc1c[nH]c2ccc(I)cc12)c1ccc(C2=CC=CC(OC)C2)cc1. The van der Waals surface area contributed by atoms with E-state index in [1.165, 1.54) is 31.2 Å². The van der Waals surface area contributed by atoms with Crippen molar-refractivity contribution in [1.82, 2.24) is 10.3 Å². The summed E-state index contributed by atoms with van der Waals surface area (Å²) in [5.74, 6) is 0. The number of ether oxygens (including phenoxy) is 1. The lowest BCUT2D eigenvalue weighted by atomic mass is 9.95. The number of aromatic nitrogens is 1. The number of nitrogens with one attached hydrogen (secondary N) is 2. The number of H-pyrrole nitrogens is 1. The van der Waals surface area contributed by atoms with Gasteiger partial charge in [-0.1, -0.05) is 49.1 Å². The van der Waals surface area contributed by atoms with Gasteiger partial charge in [0.15, 0.2) is 0 Å². The van der Waals surface area contributed by atoms with E-state index in [-0.39, 0.29) is 6.10 Å². The molecule has 1 unspecified atom stereocenters. The second-order valence-electron chi connectivity index (χ2n) is 7.29. The van der Waals surface area contributed by atoms with E-state index >= 15 is 0 Å². The van der Waals surface area contributed by atoms with Gasteiger partial charge in [0.2, 0.25) is 0 Å². The summed E-state index contributed by atoms with van der Waals surface area (Å²) in [6.07, 6.45) is 10.5. The zero-order valence-corrected chi connectivity index (χ0v) is 18.7. The second-order valence-corrected chi connectivity index (χ2v) is 8.54. The number of allylic oxidation sites excluding steroid dienone is 2. The Morgan fingerprint density at radius 2 is 2.07 bits per heavy atom. The average Bonchev–Trinajstić information content (AvgIpc) is 3.16. The molecule has 1 atom stereocenters. The third-order valence-electron chi connectivity index (χ3n) is 5.41. The quantitative estimate of drug-likeness (QED) is 0.398. The molecule has 4 heteroatoms. The molecule has 0 spiro atoms. The molecule has 0 fully saturated rings. The van der Waals surface area contributed by atoms with Crippen molar-refractivity contribution in [2.45, 2.75) is 18.9 Å². The predicted molar refractivity (Wildman–Crippen MR) is 131 cm³/mol. The van der Waals surface area contributed by atoms with E-state index < -0.39 is 0 Å². The molecule has 0 amide bonds. The third-order valence-corrected chi connectivity index (χ3v) is 6.08. The number of rotatable bonds is 7. The van der Waals surface area contributed by atoms with Crippen molar-refractivity contribution in [2.75, 3.05) is 13.7 Å². The summed E-state index contributed by atoms with van der Waals surface area (Å²) in [4.78, 5) is 3.36. The Bertz CT molecular complexity index is 1080. The highest BCUT2D eigenvalue weighted by Crippen LogP contribution is 2.26. The minimum atomic E-state index is 0.166. The Labute approximate surface area is 185 Å². The lowest BCUT2D eigenvalue weighted by Gasteiger charge is -2.18. The summed E-state index contributed by atoms with van der Waals surface area (Å²) < 4.78 is 6.72. The number of methoxy groups -OCH3 is 1. The third kappa shape index (κ3) is 4.65. The standard InChI is InChI=1S/C25H25IN2O/c1-17(27-13-12-21-16-28-25-11-10-22(26)15-24(21)25)18-6-8-19(9-7-18)20-4-3-5-23(14-20)29-2/h3-11,15-16,23,27-28H,1,12-14H2,2H3. The van der Waals surface area contributed by atoms with Crippen LogP contribution in [0.5, 0.6) is 0 Å². The molecule has 0 bridgehead atoms. The molecular formula is C25H25IN2O. The highest BCUT2D eigenvalue weighted by Gasteiger charge is 2.12. The molecule has 3 aromatic rings. The molecule has 4 rings (SSSR count). The van der Waals surface area contributed by atoms with Gasteiger partial charge in [0.05, 0.1) is 6.10 Å². The Morgan fingerprint density at radius 1 is 1.24 bits per heavy atom. The van der Waals surface area contributed by atoms with Gasteiger partial charge < -0.3 is 15.0 Å². The molecule has 3 nitrogen and oxygen atoms in total. The summed E-state index contributed by atoms with van der Waals surface area (Å²) in [6, 6.07) is 15.1. The van der Waals surface area contributed by atoms with Gasteiger partial charge in [0.1, 0.15) is 0 Å². The van der Waals surface area contributed by atoms with Gasteiger partial charge in [0, 0.05) is 46.4 Å². The molecule has 2 N–H and O–H groups in total. The first-order chi connectivity index (χ1) is 14.1. The Balaban J connectivity index is 1.36.